The van der Waals surface area contributed by atoms with Gasteiger partial charge in [-0.1, -0.05) is 11.6 Å². The van der Waals surface area contributed by atoms with Crippen LogP contribution in [0.15, 0.2) is 53.8 Å². The van der Waals surface area contributed by atoms with Crippen molar-refractivity contribution in [2.24, 2.45) is 0 Å². The van der Waals surface area contributed by atoms with E-state index in [0.29, 0.717) is 12.6 Å². The number of thiophene rings is 1. The van der Waals surface area contributed by atoms with Crippen LogP contribution in [0.2, 0.25) is 5.02 Å². The maximum absolute atomic E-state index is 12.1. The third kappa shape index (κ3) is 4.67. The summed E-state index contributed by atoms with van der Waals surface area (Å²) >= 11 is 8.28. The summed E-state index contributed by atoms with van der Waals surface area (Å²) < 4.78 is 2.75. The van der Waals surface area contributed by atoms with E-state index in [2.05, 4.69) is 44.5 Å². The number of carboxylic acid groups (broad SMARTS) is 1. The summed E-state index contributed by atoms with van der Waals surface area (Å²) in [4.78, 5) is 32.9. The van der Waals surface area contributed by atoms with E-state index in [1.54, 1.807) is 22.2 Å². The molecule has 5 heterocycles. The molecule has 0 radical (unpaired) electrons. The van der Waals surface area contributed by atoms with Crippen LogP contribution in [0.1, 0.15) is 16.9 Å². The Morgan fingerprint density at radius 2 is 2.03 bits per heavy atom. The van der Waals surface area contributed by atoms with Crippen molar-refractivity contribution < 1.29 is 9.90 Å². The highest BCUT2D eigenvalue weighted by atomic mass is 35.5. The number of carbonyl (C=O) groups is 1. The van der Waals surface area contributed by atoms with Gasteiger partial charge in [-0.3, -0.25) is 19.1 Å². The second kappa shape index (κ2) is 10.2. The van der Waals surface area contributed by atoms with Gasteiger partial charge in [0, 0.05) is 64.8 Å². The molecule has 35 heavy (non-hydrogen) atoms. The van der Waals surface area contributed by atoms with Crippen LogP contribution in [-0.2, 0) is 17.8 Å². The highest BCUT2D eigenvalue weighted by Crippen LogP contribution is 2.44. The van der Waals surface area contributed by atoms with Crippen LogP contribution in [0.5, 0.6) is 0 Å². The molecule has 10 heteroatoms. The Kier molecular flexibility index (Phi) is 6.81. The first kappa shape index (κ1) is 23.5. The first-order valence-corrected chi connectivity index (χ1v) is 12.5. The molecule has 1 saturated heterocycles. The van der Waals surface area contributed by atoms with E-state index >= 15 is 0 Å². The number of aryl methyl sites for hydroxylation is 1. The normalized spacial score (nSPS) is 15.2. The van der Waals surface area contributed by atoms with Crippen LogP contribution >= 0.6 is 22.9 Å². The van der Waals surface area contributed by atoms with Crippen molar-refractivity contribution >= 4 is 45.3 Å². The first-order chi connectivity index (χ1) is 17.1. The van der Waals surface area contributed by atoms with Crippen LogP contribution in [-0.4, -0.2) is 51.8 Å². The second-order valence-electron chi connectivity index (χ2n) is 8.51. The number of halogens is 1. The Morgan fingerprint density at radius 1 is 1.20 bits per heavy atom. The zero-order valence-corrected chi connectivity index (χ0v) is 20.4. The minimum absolute atomic E-state index is 0.0562. The number of aromatic nitrogens is 3. The highest BCUT2D eigenvalue weighted by molar-refractivity contribution is 7.19. The van der Waals surface area contributed by atoms with Gasteiger partial charge in [0.15, 0.2) is 0 Å². The molecule has 6 rings (SSSR count). The molecule has 2 N–H and O–H groups in total. The van der Waals surface area contributed by atoms with E-state index < -0.39 is 0 Å². The summed E-state index contributed by atoms with van der Waals surface area (Å²) in [5.74, 6) is 0. The van der Waals surface area contributed by atoms with Crippen molar-refractivity contribution in [1.82, 2.24) is 19.9 Å². The zero-order valence-electron chi connectivity index (χ0n) is 18.9. The molecule has 4 aromatic rings. The van der Waals surface area contributed by atoms with E-state index in [9.17, 15) is 4.79 Å². The fourth-order valence-corrected chi connectivity index (χ4v) is 6.13. The number of benzene rings is 1. The lowest BCUT2D eigenvalue weighted by atomic mass is 9.92. The molecule has 0 spiro atoms. The number of rotatable bonds is 4. The van der Waals surface area contributed by atoms with Gasteiger partial charge in [0.1, 0.15) is 0 Å². The lowest BCUT2D eigenvalue weighted by Crippen LogP contribution is -2.58. The topological polar surface area (TPSA) is 100 Å². The predicted molar refractivity (Wildman–Crippen MR) is 139 cm³/mol. The number of anilines is 1. The smallest absolute Gasteiger partial charge is 0.290 e. The molecule has 8 nitrogen and oxygen atoms in total. The third-order valence-electron chi connectivity index (χ3n) is 6.36. The molecular weight excluding hydrogens is 486 g/mol. The van der Waals surface area contributed by atoms with Gasteiger partial charge in [0.05, 0.1) is 29.1 Å². The van der Waals surface area contributed by atoms with Gasteiger partial charge in [0.25, 0.3) is 12.0 Å². The number of fused-ring (bicyclic) bond motifs is 2. The van der Waals surface area contributed by atoms with E-state index in [-0.39, 0.29) is 12.0 Å². The summed E-state index contributed by atoms with van der Waals surface area (Å²) in [5.41, 5.74) is 5.87. The van der Waals surface area contributed by atoms with Crippen molar-refractivity contribution in [2.45, 2.75) is 25.4 Å². The minimum Gasteiger partial charge on any atom is -0.483 e. The molecule has 0 amide bonds. The molecule has 1 fully saturated rings. The molecule has 0 saturated carbocycles. The Balaban J connectivity index is 0.000000806. The standard InChI is InChI=1S/C24H22ClN5OS.CH2O2/c25-16-8-15-2-1-7-30(17-11-27-12-17)23(15)20(9-16)19-3-6-28-21-10-18(32-24(19)21)13-29-14-26-5-4-22(29)31;2-1-3/h3-6,8-10,14,17,27H,1-2,7,11-13H2;1H,(H,2,3). The maximum Gasteiger partial charge on any atom is 0.290 e. The number of hydrogen-bond acceptors (Lipinski definition) is 7. The molecule has 0 atom stereocenters. The number of nitrogens with zero attached hydrogens (tertiary/aromatic N) is 4. The predicted octanol–water partition coefficient (Wildman–Crippen LogP) is 3.65. The van der Waals surface area contributed by atoms with Crippen molar-refractivity contribution in [1.29, 1.82) is 0 Å². The second-order valence-corrected chi connectivity index (χ2v) is 10.1. The van der Waals surface area contributed by atoms with Gasteiger partial charge in [-0.2, -0.15) is 0 Å². The molecule has 3 aromatic heterocycles. The largest absolute Gasteiger partial charge is 0.483 e. The van der Waals surface area contributed by atoms with Gasteiger partial charge < -0.3 is 15.3 Å². The number of hydrogen-bond donors (Lipinski definition) is 2. The Morgan fingerprint density at radius 3 is 2.77 bits per heavy atom. The number of nitrogens with one attached hydrogen (secondary N) is 1. The van der Waals surface area contributed by atoms with Gasteiger partial charge >= 0.3 is 0 Å². The maximum atomic E-state index is 12.1. The van der Waals surface area contributed by atoms with Crippen LogP contribution in [0.4, 0.5) is 5.69 Å². The van der Waals surface area contributed by atoms with Crippen molar-refractivity contribution in [2.75, 3.05) is 24.5 Å². The van der Waals surface area contributed by atoms with Crippen molar-refractivity contribution in [3.8, 4) is 11.1 Å². The molecule has 0 unspecified atom stereocenters. The van der Waals surface area contributed by atoms with Gasteiger partial charge in [-0.25, -0.2) is 4.98 Å². The lowest BCUT2D eigenvalue weighted by molar-refractivity contribution is -0.122. The van der Waals surface area contributed by atoms with Crippen LogP contribution < -0.4 is 15.8 Å². The zero-order chi connectivity index (χ0) is 24.4. The van der Waals surface area contributed by atoms with E-state index in [1.807, 2.05) is 6.20 Å². The van der Waals surface area contributed by atoms with Gasteiger partial charge in [-0.15, -0.1) is 11.3 Å². The molecule has 0 bridgehead atoms. The van der Waals surface area contributed by atoms with E-state index in [1.165, 1.54) is 29.1 Å². The quantitative estimate of drug-likeness (QED) is 0.405. The van der Waals surface area contributed by atoms with Crippen LogP contribution in [0, 0.1) is 0 Å². The fraction of sp³-hybridized carbons (Fsp3) is 0.280. The molecule has 0 aliphatic carbocycles. The van der Waals surface area contributed by atoms with Gasteiger partial charge in [0.2, 0.25) is 0 Å². The molecular formula is C25H24ClN5O3S. The SMILES string of the molecule is O=CO.O=c1ccncn1Cc1cc2nccc(-c3cc(Cl)cc4c3N(C3CNC3)CCC4)c2s1. The summed E-state index contributed by atoms with van der Waals surface area (Å²) in [6.45, 7) is 3.36. The highest BCUT2D eigenvalue weighted by Gasteiger charge is 2.31. The van der Waals surface area contributed by atoms with E-state index in [4.69, 9.17) is 21.5 Å². The minimum atomic E-state index is -0.250. The third-order valence-corrected chi connectivity index (χ3v) is 7.72. The fourth-order valence-electron chi connectivity index (χ4n) is 4.74. The molecule has 1 aromatic carbocycles. The summed E-state index contributed by atoms with van der Waals surface area (Å²) in [7, 11) is 0. The average molecular weight is 510 g/mol. The Hall–Kier alpha value is -3.27. The summed E-state index contributed by atoms with van der Waals surface area (Å²) in [6.07, 6.45) is 7.18. The van der Waals surface area contributed by atoms with Gasteiger partial charge in [-0.05, 0) is 42.7 Å². The molecule has 180 valence electrons. The summed E-state index contributed by atoms with van der Waals surface area (Å²) in [6, 6.07) is 10.4. The molecule has 2 aliphatic rings. The van der Waals surface area contributed by atoms with Crippen LogP contribution in [0.3, 0.4) is 0 Å². The van der Waals surface area contributed by atoms with E-state index in [0.717, 1.165) is 58.2 Å². The first-order valence-electron chi connectivity index (χ1n) is 11.3. The van der Waals surface area contributed by atoms with Crippen molar-refractivity contribution in [3.05, 3.63) is 74.9 Å². The average Bonchev–Trinajstić information content (AvgIpc) is 3.22. The van der Waals surface area contributed by atoms with Crippen molar-refractivity contribution in [3.63, 3.8) is 0 Å². The molecule has 2 aliphatic heterocycles. The van der Waals surface area contributed by atoms with Crippen LogP contribution in [0.25, 0.3) is 21.3 Å². The number of pyridine rings is 1. The lowest BCUT2D eigenvalue weighted by Gasteiger charge is -2.44. The monoisotopic (exact) mass is 509 g/mol. The Bertz CT molecular complexity index is 1430. The Labute approximate surface area is 210 Å². The summed E-state index contributed by atoms with van der Waals surface area (Å²) in [5, 5.41) is 11.1.